The lowest BCUT2D eigenvalue weighted by atomic mass is 10.2. The number of nitrogens with one attached hydrogen (secondary N) is 1. The number of aromatic nitrogens is 4. The van der Waals surface area contributed by atoms with Crippen LogP contribution in [-0.4, -0.2) is 30.6 Å². The molecule has 0 aliphatic rings. The number of benzene rings is 1. The van der Waals surface area contributed by atoms with Crippen LogP contribution in [0.3, 0.4) is 0 Å². The fourth-order valence-electron chi connectivity index (χ4n) is 2.16. The molecule has 0 bridgehead atoms. The zero-order chi connectivity index (χ0) is 18.0. The van der Waals surface area contributed by atoms with E-state index in [2.05, 4.69) is 20.1 Å². The van der Waals surface area contributed by atoms with Gasteiger partial charge in [-0.05, 0) is 29.9 Å². The summed E-state index contributed by atoms with van der Waals surface area (Å²) < 4.78 is 1.56. The average molecular weight is 378 g/mol. The van der Waals surface area contributed by atoms with E-state index < -0.39 is 15.5 Å². The second-order valence-corrected chi connectivity index (χ2v) is 6.42. The highest BCUT2D eigenvalue weighted by atomic mass is 35.5. The fraction of sp³-hybridized carbons (Fsp3) is 0.133. The Kier molecular flexibility index (Phi) is 4.77. The van der Waals surface area contributed by atoms with E-state index in [-0.39, 0.29) is 17.2 Å². The van der Waals surface area contributed by atoms with Gasteiger partial charge in [-0.2, -0.15) is 4.98 Å². The van der Waals surface area contributed by atoms with Crippen LogP contribution < -0.4 is 10.4 Å². The van der Waals surface area contributed by atoms with Crippen molar-refractivity contribution in [1.82, 2.24) is 19.7 Å². The largest absolute Gasteiger partial charge is 0.499 e. The maximum atomic E-state index is 11.8. The van der Waals surface area contributed by atoms with Gasteiger partial charge in [0.2, 0.25) is 0 Å². The van der Waals surface area contributed by atoms with Crippen LogP contribution in [0, 0.1) is 0 Å². The van der Waals surface area contributed by atoms with Crippen molar-refractivity contribution >= 4 is 34.6 Å². The molecule has 2 N–H and O–H groups in total. The van der Waals surface area contributed by atoms with Crippen molar-refractivity contribution in [3.05, 3.63) is 66.8 Å². The Labute approximate surface area is 150 Å². The molecule has 0 saturated carbocycles. The number of H-pyrrole nitrogens is 1. The minimum absolute atomic E-state index is 0.0768. The number of nitrogens with zero attached hydrogens (tertiary/aromatic N) is 4. The second-order valence-electron chi connectivity index (χ2n) is 5.05. The molecule has 0 saturated heterocycles. The Balaban J connectivity index is 1.88. The number of aliphatic imine (C=N–C) groups is 1. The Bertz CT molecular complexity index is 1070. The molecule has 0 spiro atoms. The van der Waals surface area contributed by atoms with Crippen LogP contribution >= 0.6 is 22.9 Å². The summed E-state index contributed by atoms with van der Waals surface area (Å²) in [6.07, 6.45) is 1.49. The number of hydrogen-bond acceptors (Lipinski definition) is 7. The van der Waals surface area contributed by atoms with Crippen molar-refractivity contribution in [1.29, 1.82) is 0 Å². The summed E-state index contributed by atoms with van der Waals surface area (Å²) in [4.78, 5) is 32.6. The summed E-state index contributed by atoms with van der Waals surface area (Å²) in [7, 11) is 0. The normalized spacial score (nSPS) is 11.7. The predicted octanol–water partition coefficient (Wildman–Crippen LogP) is 1.94. The van der Waals surface area contributed by atoms with Crippen molar-refractivity contribution in [3.63, 3.8) is 0 Å². The molecule has 1 aromatic carbocycles. The van der Waals surface area contributed by atoms with Gasteiger partial charge in [-0.15, -0.1) is 5.10 Å². The summed E-state index contributed by atoms with van der Waals surface area (Å²) >= 11 is 6.64. The molecule has 2 heterocycles. The molecule has 3 aromatic rings. The molecule has 3 rings (SSSR count). The Hall–Kier alpha value is -2.78. The van der Waals surface area contributed by atoms with Crippen LogP contribution in [0.15, 0.2) is 45.2 Å². The highest BCUT2D eigenvalue weighted by molar-refractivity contribution is 7.11. The third-order valence-corrected chi connectivity index (χ3v) is 4.34. The molecule has 128 valence electrons. The van der Waals surface area contributed by atoms with E-state index in [0.717, 1.165) is 5.56 Å². The minimum atomic E-state index is -0.710. The quantitative estimate of drug-likeness (QED) is 0.674. The van der Waals surface area contributed by atoms with Crippen molar-refractivity contribution < 1.29 is 5.11 Å². The van der Waals surface area contributed by atoms with E-state index in [9.17, 15) is 14.7 Å². The van der Waals surface area contributed by atoms with E-state index in [1.54, 1.807) is 10.7 Å². The summed E-state index contributed by atoms with van der Waals surface area (Å²) in [5, 5.41) is 14.2. The molecule has 0 radical (unpaired) electrons. The van der Waals surface area contributed by atoms with Crippen molar-refractivity contribution in [2.75, 3.05) is 0 Å². The topological polar surface area (TPSA) is 113 Å². The number of aromatic hydroxyl groups is 1. The van der Waals surface area contributed by atoms with Gasteiger partial charge in [0.05, 0.1) is 12.3 Å². The number of rotatable bonds is 4. The molecule has 0 atom stereocenters. The second kappa shape index (κ2) is 6.99. The van der Waals surface area contributed by atoms with Crippen molar-refractivity contribution in [3.8, 4) is 5.06 Å². The Morgan fingerprint density at radius 3 is 2.88 bits per heavy atom. The van der Waals surface area contributed by atoms with E-state index in [4.69, 9.17) is 11.6 Å². The first-order chi connectivity index (χ1) is 11.9. The van der Waals surface area contributed by atoms with Gasteiger partial charge in [0.1, 0.15) is 11.9 Å². The maximum absolute atomic E-state index is 11.8. The molecular formula is C15H12ClN5O3S. The van der Waals surface area contributed by atoms with Gasteiger partial charge in [-0.1, -0.05) is 29.8 Å². The van der Waals surface area contributed by atoms with Crippen LogP contribution in [0.2, 0.25) is 5.02 Å². The standard InChI is InChI=1S/C15H12ClN5O3S/c1-8(11-12(22)19-15(24)25-13(11)23)18-14-17-7-21(20-14)6-9-4-2-3-5-10(9)16/h2-5,7,23H,6H2,1H3,(H,19,22,24)/b18-8+. The molecule has 0 amide bonds. The molecule has 25 heavy (non-hydrogen) atoms. The fourth-order valence-corrected chi connectivity index (χ4v) is 3.01. The first kappa shape index (κ1) is 17.1. The van der Waals surface area contributed by atoms with Crippen LogP contribution in [0.4, 0.5) is 5.95 Å². The summed E-state index contributed by atoms with van der Waals surface area (Å²) in [5.74, 6) is 0.125. The first-order valence-corrected chi connectivity index (χ1v) is 8.28. The highest BCUT2D eigenvalue weighted by Crippen LogP contribution is 2.18. The van der Waals surface area contributed by atoms with Crippen LogP contribution in [0.5, 0.6) is 5.06 Å². The first-order valence-electron chi connectivity index (χ1n) is 7.09. The third kappa shape index (κ3) is 3.83. The lowest BCUT2D eigenvalue weighted by Gasteiger charge is -2.02. The molecule has 8 nitrogen and oxygen atoms in total. The summed E-state index contributed by atoms with van der Waals surface area (Å²) in [6, 6.07) is 7.37. The zero-order valence-electron chi connectivity index (χ0n) is 12.9. The van der Waals surface area contributed by atoms with E-state index in [1.165, 1.54) is 13.3 Å². The van der Waals surface area contributed by atoms with Gasteiger partial charge >= 0.3 is 4.87 Å². The van der Waals surface area contributed by atoms with Gasteiger partial charge in [0.15, 0.2) is 5.06 Å². The smallest absolute Gasteiger partial charge is 0.310 e. The van der Waals surface area contributed by atoms with Gasteiger partial charge in [-0.25, -0.2) is 9.67 Å². The SMILES string of the molecule is C/C(=N\c1ncn(Cc2ccccc2Cl)n1)c1c(O)sc(=O)[nH]c1=O. The third-order valence-electron chi connectivity index (χ3n) is 3.29. The molecule has 0 fully saturated rings. The van der Waals surface area contributed by atoms with Gasteiger partial charge in [0, 0.05) is 5.02 Å². The monoisotopic (exact) mass is 377 g/mol. The van der Waals surface area contributed by atoms with Gasteiger partial charge < -0.3 is 5.11 Å². The highest BCUT2D eigenvalue weighted by Gasteiger charge is 2.13. The molecule has 0 aliphatic heterocycles. The Morgan fingerprint density at radius 1 is 1.40 bits per heavy atom. The molecule has 10 heteroatoms. The molecule has 0 aliphatic carbocycles. The van der Waals surface area contributed by atoms with Crippen LogP contribution in [0.25, 0.3) is 0 Å². The van der Waals surface area contributed by atoms with E-state index in [0.29, 0.717) is 22.9 Å². The van der Waals surface area contributed by atoms with E-state index in [1.807, 2.05) is 18.2 Å². The summed E-state index contributed by atoms with van der Waals surface area (Å²) in [5.41, 5.74) is 0.291. The summed E-state index contributed by atoms with van der Waals surface area (Å²) in [6.45, 7) is 1.94. The number of hydrogen-bond donors (Lipinski definition) is 2. The number of halogens is 1. The lowest BCUT2D eigenvalue weighted by molar-refractivity contribution is 0.487. The average Bonchev–Trinajstić information content (AvgIpc) is 2.95. The molecule has 0 unspecified atom stereocenters. The van der Waals surface area contributed by atoms with Crippen molar-refractivity contribution in [2.24, 2.45) is 4.99 Å². The maximum Gasteiger partial charge on any atom is 0.310 e. The van der Waals surface area contributed by atoms with Crippen LogP contribution in [0.1, 0.15) is 18.1 Å². The minimum Gasteiger partial charge on any atom is -0.499 e. The molecule has 2 aromatic heterocycles. The van der Waals surface area contributed by atoms with E-state index >= 15 is 0 Å². The van der Waals surface area contributed by atoms with Gasteiger partial charge in [0.25, 0.3) is 11.5 Å². The lowest BCUT2D eigenvalue weighted by Crippen LogP contribution is -2.22. The molecular weight excluding hydrogens is 366 g/mol. The zero-order valence-corrected chi connectivity index (χ0v) is 14.5. The van der Waals surface area contributed by atoms with Gasteiger partial charge in [-0.3, -0.25) is 14.6 Å². The van der Waals surface area contributed by atoms with Crippen LogP contribution in [-0.2, 0) is 6.54 Å². The van der Waals surface area contributed by atoms with Crippen molar-refractivity contribution in [2.45, 2.75) is 13.5 Å². The number of aromatic amines is 1. The predicted molar refractivity (Wildman–Crippen MR) is 95.3 cm³/mol. The Morgan fingerprint density at radius 2 is 2.16 bits per heavy atom.